The van der Waals surface area contributed by atoms with Gasteiger partial charge in [0.1, 0.15) is 0 Å². The molecule has 0 aliphatic carbocycles. The molecule has 5 heteroatoms. The van der Waals surface area contributed by atoms with Crippen molar-refractivity contribution in [2.24, 2.45) is 0 Å². The maximum atomic E-state index is 12.4. The van der Waals surface area contributed by atoms with E-state index in [4.69, 9.17) is 0 Å². The van der Waals surface area contributed by atoms with Crippen LogP contribution in [-0.2, 0) is 0 Å². The summed E-state index contributed by atoms with van der Waals surface area (Å²) in [4.78, 5) is 20.8. The van der Waals surface area contributed by atoms with E-state index >= 15 is 0 Å². The summed E-state index contributed by atoms with van der Waals surface area (Å²) >= 11 is 0. The highest BCUT2D eigenvalue weighted by molar-refractivity contribution is 6.04. The van der Waals surface area contributed by atoms with Crippen LogP contribution in [0.25, 0.3) is 0 Å². The molecule has 3 rings (SSSR count). The molecule has 0 fully saturated rings. The maximum absolute atomic E-state index is 12.4. The van der Waals surface area contributed by atoms with Gasteiger partial charge in [-0.3, -0.25) is 4.79 Å². The second-order valence-corrected chi connectivity index (χ2v) is 6.06. The molecule has 5 nitrogen and oxygen atoms in total. The van der Waals surface area contributed by atoms with Gasteiger partial charge in [0.25, 0.3) is 5.91 Å². The number of rotatable bonds is 4. The molecule has 0 saturated carbocycles. The van der Waals surface area contributed by atoms with Gasteiger partial charge in [-0.1, -0.05) is 29.8 Å². The first-order chi connectivity index (χ1) is 12.0. The van der Waals surface area contributed by atoms with Crippen molar-refractivity contribution in [1.82, 2.24) is 9.97 Å². The molecule has 0 aliphatic rings. The molecule has 2 aromatic carbocycles. The monoisotopic (exact) mass is 332 g/mol. The van der Waals surface area contributed by atoms with Crippen molar-refractivity contribution in [2.45, 2.75) is 20.8 Å². The lowest BCUT2D eigenvalue weighted by molar-refractivity contribution is 0.102. The van der Waals surface area contributed by atoms with E-state index in [9.17, 15) is 4.79 Å². The largest absolute Gasteiger partial charge is 0.324 e. The van der Waals surface area contributed by atoms with E-state index in [0.717, 1.165) is 28.1 Å². The molecule has 126 valence electrons. The van der Waals surface area contributed by atoms with Crippen LogP contribution in [0.15, 0.2) is 54.9 Å². The van der Waals surface area contributed by atoms with E-state index < -0.39 is 0 Å². The van der Waals surface area contributed by atoms with Crippen molar-refractivity contribution < 1.29 is 4.79 Å². The Labute approximate surface area is 147 Å². The molecule has 0 unspecified atom stereocenters. The molecule has 1 heterocycles. The highest BCUT2D eigenvalue weighted by Crippen LogP contribution is 2.18. The molecule has 0 atom stereocenters. The number of anilines is 3. The third kappa shape index (κ3) is 4.20. The molecule has 25 heavy (non-hydrogen) atoms. The maximum Gasteiger partial charge on any atom is 0.258 e. The summed E-state index contributed by atoms with van der Waals surface area (Å²) in [6.45, 7) is 6.01. The molecule has 1 amide bonds. The van der Waals surface area contributed by atoms with Gasteiger partial charge in [-0.2, -0.15) is 0 Å². The number of aryl methyl sites for hydroxylation is 3. The molecule has 3 aromatic rings. The van der Waals surface area contributed by atoms with Gasteiger partial charge in [0, 0.05) is 23.8 Å². The van der Waals surface area contributed by atoms with Crippen molar-refractivity contribution in [2.75, 3.05) is 10.6 Å². The average molecular weight is 332 g/mol. The molecule has 0 bridgehead atoms. The summed E-state index contributed by atoms with van der Waals surface area (Å²) in [6.07, 6.45) is 3.04. The minimum atomic E-state index is -0.228. The van der Waals surface area contributed by atoms with Crippen LogP contribution < -0.4 is 10.6 Å². The van der Waals surface area contributed by atoms with E-state index in [1.54, 1.807) is 0 Å². The minimum Gasteiger partial charge on any atom is -0.324 e. The fourth-order valence-electron chi connectivity index (χ4n) is 2.51. The van der Waals surface area contributed by atoms with Crippen LogP contribution >= 0.6 is 0 Å². The molecule has 0 aliphatic heterocycles. The number of hydrogen-bond acceptors (Lipinski definition) is 4. The lowest BCUT2D eigenvalue weighted by Gasteiger charge is -2.09. The summed E-state index contributed by atoms with van der Waals surface area (Å²) in [5, 5.41) is 6.01. The number of carbonyl (C=O) groups is 1. The zero-order chi connectivity index (χ0) is 17.8. The number of aromatic nitrogens is 2. The Morgan fingerprint density at radius 1 is 0.920 bits per heavy atom. The van der Waals surface area contributed by atoms with E-state index in [-0.39, 0.29) is 5.91 Å². The van der Waals surface area contributed by atoms with Crippen LogP contribution in [0.2, 0.25) is 0 Å². The van der Waals surface area contributed by atoms with Crippen LogP contribution in [0.5, 0.6) is 0 Å². The smallest absolute Gasteiger partial charge is 0.258 e. The number of nitrogens with zero attached hydrogens (tertiary/aromatic N) is 2. The summed E-state index contributed by atoms with van der Waals surface area (Å²) in [5.41, 5.74) is 5.44. The second kappa shape index (κ2) is 7.13. The Hall–Kier alpha value is -3.21. The van der Waals surface area contributed by atoms with Crippen LogP contribution in [0.3, 0.4) is 0 Å². The fraction of sp³-hybridized carbons (Fsp3) is 0.150. The highest BCUT2D eigenvalue weighted by atomic mass is 16.1. The normalized spacial score (nSPS) is 10.4. The number of amides is 1. The van der Waals surface area contributed by atoms with Crippen molar-refractivity contribution in [1.29, 1.82) is 0 Å². The highest BCUT2D eigenvalue weighted by Gasteiger charge is 2.09. The van der Waals surface area contributed by atoms with Gasteiger partial charge in [0.15, 0.2) is 0 Å². The molecular formula is C20H20N4O. The fourth-order valence-corrected chi connectivity index (χ4v) is 2.51. The Kier molecular flexibility index (Phi) is 4.75. The van der Waals surface area contributed by atoms with Gasteiger partial charge in [-0.15, -0.1) is 0 Å². The number of nitrogens with one attached hydrogen (secondary N) is 2. The minimum absolute atomic E-state index is 0.228. The first-order valence-electron chi connectivity index (χ1n) is 8.05. The first kappa shape index (κ1) is 16.6. The van der Waals surface area contributed by atoms with Crippen LogP contribution in [0.1, 0.15) is 27.0 Å². The lowest BCUT2D eigenvalue weighted by Crippen LogP contribution is -2.14. The quantitative estimate of drug-likeness (QED) is 0.743. The number of hydrogen-bond donors (Lipinski definition) is 2. The van der Waals surface area contributed by atoms with Gasteiger partial charge >= 0.3 is 0 Å². The van der Waals surface area contributed by atoms with E-state index in [0.29, 0.717) is 11.5 Å². The van der Waals surface area contributed by atoms with E-state index in [1.807, 2.05) is 63.2 Å². The van der Waals surface area contributed by atoms with Gasteiger partial charge in [-0.25, -0.2) is 9.97 Å². The van der Waals surface area contributed by atoms with Gasteiger partial charge in [0.2, 0.25) is 5.95 Å². The van der Waals surface area contributed by atoms with E-state index in [1.165, 1.54) is 12.4 Å². The van der Waals surface area contributed by atoms with Crippen molar-refractivity contribution in [3.8, 4) is 0 Å². The SMILES string of the molecule is Cc1cccc(Nc2ncc(C(=O)Nc3ccc(C)cc3C)cn2)c1. The molecule has 2 N–H and O–H groups in total. The van der Waals surface area contributed by atoms with Crippen molar-refractivity contribution >= 4 is 23.2 Å². The summed E-state index contributed by atoms with van der Waals surface area (Å²) < 4.78 is 0. The van der Waals surface area contributed by atoms with Gasteiger partial charge < -0.3 is 10.6 Å². The van der Waals surface area contributed by atoms with Gasteiger partial charge in [-0.05, 0) is 50.1 Å². The van der Waals surface area contributed by atoms with Crippen molar-refractivity contribution in [3.05, 3.63) is 77.1 Å². The zero-order valence-corrected chi connectivity index (χ0v) is 14.5. The average Bonchev–Trinajstić information content (AvgIpc) is 2.58. The van der Waals surface area contributed by atoms with E-state index in [2.05, 4.69) is 20.6 Å². The lowest BCUT2D eigenvalue weighted by atomic mass is 10.1. The standard InChI is InChI=1S/C20H20N4O/c1-13-5-4-6-17(10-13)23-20-21-11-16(12-22-20)19(25)24-18-8-7-14(2)9-15(18)3/h4-12H,1-3H3,(H,24,25)(H,21,22,23). The second-order valence-electron chi connectivity index (χ2n) is 6.06. The third-order valence-corrected chi connectivity index (χ3v) is 3.82. The predicted molar refractivity (Wildman–Crippen MR) is 100 cm³/mol. The molecule has 0 saturated heterocycles. The first-order valence-corrected chi connectivity index (χ1v) is 8.05. The molecular weight excluding hydrogens is 312 g/mol. The van der Waals surface area contributed by atoms with Gasteiger partial charge in [0.05, 0.1) is 5.56 Å². The molecule has 0 spiro atoms. The Morgan fingerprint density at radius 3 is 2.32 bits per heavy atom. The summed E-state index contributed by atoms with van der Waals surface area (Å²) in [7, 11) is 0. The Balaban J connectivity index is 1.70. The zero-order valence-electron chi connectivity index (χ0n) is 14.5. The topological polar surface area (TPSA) is 66.9 Å². The van der Waals surface area contributed by atoms with Crippen molar-refractivity contribution in [3.63, 3.8) is 0 Å². The third-order valence-electron chi connectivity index (χ3n) is 3.82. The molecule has 1 aromatic heterocycles. The summed E-state index contributed by atoms with van der Waals surface area (Å²) in [6, 6.07) is 13.8. The van der Waals surface area contributed by atoms with Crippen LogP contribution in [0, 0.1) is 20.8 Å². The number of carbonyl (C=O) groups excluding carboxylic acids is 1. The molecule has 0 radical (unpaired) electrons. The predicted octanol–water partition coefficient (Wildman–Crippen LogP) is 4.40. The van der Waals surface area contributed by atoms with Crippen LogP contribution in [-0.4, -0.2) is 15.9 Å². The number of benzene rings is 2. The summed E-state index contributed by atoms with van der Waals surface area (Å²) in [5.74, 6) is 0.225. The Morgan fingerprint density at radius 2 is 1.64 bits per heavy atom. The Bertz CT molecular complexity index is 904. The van der Waals surface area contributed by atoms with Crippen LogP contribution in [0.4, 0.5) is 17.3 Å².